The third kappa shape index (κ3) is 4.46. The second-order valence-corrected chi connectivity index (χ2v) is 8.05. The molecule has 2 aromatic rings. The lowest BCUT2D eigenvalue weighted by Crippen LogP contribution is -2.43. The van der Waals surface area contributed by atoms with E-state index in [2.05, 4.69) is 4.72 Å². The highest BCUT2D eigenvalue weighted by Crippen LogP contribution is 2.30. The van der Waals surface area contributed by atoms with Crippen LogP contribution in [0.15, 0.2) is 42.5 Å². The molecule has 1 unspecified atom stereocenters. The summed E-state index contributed by atoms with van der Waals surface area (Å²) in [4.78, 5) is 0. The first-order chi connectivity index (χ1) is 11.0. The monoisotopic (exact) mass is 369 g/mol. The van der Waals surface area contributed by atoms with Crippen molar-refractivity contribution in [2.75, 3.05) is 20.1 Å². The van der Waals surface area contributed by atoms with Crippen LogP contribution in [0.25, 0.3) is 10.8 Å². The number of nitrogens with zero attached hydrogens (tertiary/aromatic N) is 1. The van der Waals surface area contributed by atoms with Gasteiger partial charge >= 0.3 is 0 Å². The topological polar surface area (TPSA) is 75.4 Å². The Morgan fingerprint density at radius 2 is 1.88 bits per heavy atom. The standard InChI is InChI=1S/C17H23N3O2S.ClH/c1-20(12-13-6-7-13)23(21,22)19-17(11-18)16-9-8-14-4-2-3-5-15(14)10-16;/h2-5,8-10,13,17,19H,6-7,11-12,18H2,1H3;1H. The molecule has 1 aliphatic carbocycles. The van der Waals surface area contributed by atoms with Gasteiger partial charge in [0.05, 0.1) is 6.04 Å². The number of fused-ring (bicyclic) bond motifs is 1. The summed E-state index contributed by atoms with van der Waals surface area (Å²) in [6.07, 6.45) is 2.23. The van der Waals surface area contributed by atoms with E-state index in [1.54, 1.807) is 7.05 Å². The molecule has 0 heterocycles. The molecular weight excluding hydrogens is 346 g/mol. The van der Waals surface area contributed by atoms with Gasteiger partial charge in [0.1, 0.15) is 0 Å². The van der Waals surface area contributed by atoms with E-state index in [0.29, 0.717) is 12.5 Å². The minimum atomic E-state index is -3.52. The predicted molar refractivity (Wildman–Crippen MR) is 100 cm³/mol. The van der Waals surface area contributed by atoms with Crippen molar-refractivity contribution in [1.82, 2.24) is 9.03 Å². The smallest absolute Gasteiger partial charge is 0.279 e. The molecule has 3 N–H and O–H groups in total. The maximum atomic E-state index is 12.5. The molecule has 0 saturated heterocycles. The molecule has 0 aliphatic heterocycles. The molecule has 5 nitrogen and oxygen atoms in total. The molecule has 0 radical (unpaired) electrons. The Balaban J connectivity index is 0.00000208. The zero-order valence-corrected chi connectivity index (χ0v) is 15.3. The number of nitrogens with two attached hydrogens (primary N) is 1. The molecule has 7 heteroatoms. The van der Waals surface area contributed by atoms with Crippen LogP contribution in [0, 0.1) is 5.92 Å². The van der Waals surface area contributed by atoms with Gasteiger partial charge in [0.15, 0.2) is 0 Å². The minimum absolute atomic E-state index is 0. The molecule has 24 heavy (non-hydrogen) atoms. The third-order valence-electron chi connectivity index (χ3n) is 4.33. The number of hydrogen-bond donors (Lipinski definition) is 2. The van der Waals surface area contributed by atoms with Crippen LogP contribution >= 0.6 is 12.4 Å². The first-order valence-corrected chi connectivity index (χ1v) is 9.36. The summed E-state index contributed by atoms with van der Waals surface area (Å²) in [6.45, 7) is 0.791. The van der Waals surface area contributed by atoms with E-state index >= 15 is 0 Å². The molecular formula is C17H24ClN3O2S. The number of hydrogen-bond acceptors (Lipinski definition) is 3. The van der Waals surface area contributed by atoms with Crippen LogP contribution < -0.4 is 10.5 Å². The van der Waals surface area contributed by atoms with E-state index < -0.39 is 16.3 Å². The molecule has 0 aromatic heterocycles. The van der Waals surface area contributed by atoms with Crippen molar-refractivity contribution in [3.8, 4) is 0 Å². The predicted octanol–water partition coefficient (Wildman–Crippen LogP) is 2.44. The van der Waals surface area contributed by atoms with Gasteiger partial charge in [-0.2, -0.15) is 17.4 Å². The molecule has 1 aliphatic rings. The Hall–Kier alpha value is -1.18. The normalized spacial score (nSPS) is 16.1. The second-order valence-electron chi connectivity index (χ2n) is 6.24. The van der Waals surface area contributed by atoms with Crippen LogP contribution in [0.4, 0.5) is 0 Å². The minimum Gasteiger partial charge on any atom is -0.329 e. The Morgan fingerprint density at radius 1 is 1.21 bits per heavy atom. The van der Waals surface area contributed by atoms with Gasteiger partial charge in [-0.1, -0.05) is 36.4 Å². The first kappa shape index (κ1) is 19.1. The van der Waals surface area contributed by atoms with Gasteiger partial charge in [-0.25, -0.2) is 0 Å². The van der Waals surface area contributed by atoms with Crippen molar-refractivity contribution in [1.29, 1.82) is 0 Å². The van der Waals surface area contributed by atoms with Gasteiger partial charge < -0.3 is 5.73 Å². The van der Waals surface area contributed by atoms with E-state index in [4.69, 9.17) is 5.73 Å². The maximum Gasteiger partial charge on any atom is 0.279 e. The Bertz CT molecular complexity index is 793. The summed E-state index contributed by atoms with van der Waals surface area (Å²) in [7, 11) is -1.91. The molecule has 3 rings (SSSR count). The number of benzene rings is 2. The highest BCUT2D eigenvalue weighted by molar-refractivity contribution is 7.87. The van der Waals surface area contributed by atoms with Gasteiger partial charge in [-0.15, -0.1) is 12.4 Å². The molecule has 1 atom stereocenters. The van der Waals surface area contributed by atoms with Gasteiger partial charge in [0, 0.05) is 20.1 Å². The van der Waals surface area contributed by atoms with Crippen LogP contribution in [-0.2, 0) is 10.2 Å². The van der Waals surface area contributed by atoms with Crippen molar-refractivity contribution in [3.63, 3.8) is 0 Å². The largest absolute Gasteiger partial charge is 0.329 e. The lowest BCUT2D eigenvalue weighted by Gasteiger charge is -2.23. The maximum absolute atomic E-state index is 12.5. The third-order valence-corrected chi connectivity index (χ3v) is 5.88. The molecule has 132 valence electrons. The average molecular weight is 370 g/mol. The van der Waals surface area contributed by atoms with E-state index in [9.17, 15) is 8.42 Å². The van der Waals surface area contributed by atoms with Crippen LogP contribution in [0.2, 0.25) is 0 Å². The van der Waals surface area contributed by atoms with Crippen LogP contribution in [0.3, 0.4) is 0 Å². The summed E-state index contributed by atoms with van der Waals surface area (Å²) in [6, 6.07) is 13.5. The van der Waals surface area contributed by atoms with E-state index in [0.717, 1.165) is 29.2 Å². The Labute approximate surface area is 149 Å². The molecule has 0 bridgehead atoms. The fourth-order valence-electron chi connectivity index (χ4n) is 2.71. The van der Waals surface area contributed by atoms with Gasteiger partial charge in [-0.05, 0) is 41.2 Å². The SMILES string of the molecule is CN(CC1CC1)S(=O)(=O)NC(CN)c1ccc2ccccc2c1.Cl. The fraction of sp³-hybridized carbons (Fsp3) is 0.412. The first-order valence-electron chi connectivity index (χ1n) is 7.92. The summed E-state index contributed by atoms with van der Waals surface area (Å²) < 4.78 is 29.0. The van der Waals surface area contributed by atoms with Crippen LogP contribution in [-0.4, -0.2) is 32.9 Å². The van der Waals surface area contributed by atoms with E-state index in [-0.39, 0.29) is 19.0 Å². The average Bonchev–Trinajstić information content (AvgIpc) is 3.36. The molecule has 1 fully saturated rings. The number of nitrogens with one attached hydrogen (secondary N) is 1. The molecule has 1 saturated carbocycles. The van der Waals surface area contributed by atoms with Gasteiger partial charge in [0.2, 0.25) is 0 Å². The van der Waals surface area contributed by atoms with Crippen molar-refractivity contribution >= 4 is 33.4 Å². The zero-order chi connectivity index (χ0) is 16.4. The summed E-state index contributed by atoms with van der Waals surface area (Å²) in [5, 5.41) is 2.20. The Kier molecular flexibility index (Phi) is 6.22. The molecule has 0 amide bonds. The molecule has 2 aromatic carbocycles. The highest BCUT2D eigenvalue weighted by Gasteiger charge is 2.29. The van der Waals surface area contributed by atoms with Crippen molar-refractivity contribution < 1.29 is 8.42 Å². The fourth-order valence-corrected chi connectivity index (χ4v) is 3.89. The Morgan fingerprint density at radius 3 is 2.50 bits per heavy atom. The highest BCUT2D eigenvalue weighted by atomic mass is 35.5. The van der Waals surface area contributed by atoms with E-state index in [1.165, 1.54) is 4.31 Å². The van der Waals surface area contributed by atoms with E-state index in [1.807, 2.05) is 42.5 Å². The van der Waals surface area contributed by atoms with Crippen LogP contribution in [0.1, 0.15) is 24.4 Å². The number of rotatable bonds is 7. The zero-order valence-electron chi connectivity index (χ0n) is 13.7. The van der Waals surface area contributed by atoms with Gasteiger partial charge in [-0.3, -0.25) is 0 Å². The lowest BCUT2D eigenvalue weighted by atomic mass is 10.0. The second kappa shape index (κ2) is 7.80. The summed E-state index contributed by atoms with van der Waals surface area (Å²) in [5.74, 6) is 0.508. The van der Waals surface area contributed by atoms with Gasteiger partial charge in [0.25, 0.3) is 10.2 Å². The lowest BCUT2D eigenvalue weighted by molar-refractivity contribution is 0.434. The summed E-state index contributed by atoms with van der Waals surface area (Å²) in [5.41, 5.74) is 6.71. The van der Waals surface area contributed by atoms with Crippen LogP contribution in [0.5, 0.6) is 0 Å². The van der Waals surface area contributed by atoms with Crippen molar-refractivity contribution in [3.05, 3.63) is 48.0 Å². The molecule has 0 spiro atoms. The number of halogens is 1. The summed E-state index contributed by atoms with van der Waals surface area (Å²) >= 11 is 0. The van der Waals surface area contributed by atoms with Crippen molar-refractivity contribution in [2.45, 2.75) is 18.9 Å². The quantitative estimate of drug-likeness (QED) is 0.787. The van der Waals surface area contributed by atoms with Crippen molar-refractivity contribution in [2.24, 2.45) is 11.7 Å².